The van der Waals surface area contributed by atoms with E-state index in [4.69, 9.17) is 0 Å². The average Bonchev–Trinajstić information content (AvgIpc) is 3.22. The maximum Gasteiger partial charge on any atom is 0.251 e. The number of carbonyl (C=O) groups excluding carboxylic acids is 2. The maximum absolute atomic E-state index is 12.5. The number of nitrogens with one attached hydrogen (secondary N) is 2. The molecule has 3 rings (SSSR count). The standard InChI is InChI=1S/C23H30N4O2/c1-16(25-22(29)17-7-9-18(10-8-17)23(2,3)4)21(28)26-19-11-12-20(24-15-19)27-13-5-6-14-27/h7-12,15-16H,5-6,13-14H2,1-4H3,(H,25,29)(H,26,28). The Bertz CT molecular complexity index is 848. The van der Waals surface area contributed by atoms with Gasteiger partial charge < -0.3 is 15.5 Å². The Morgan fingerprint density at radius 3 is 2.24 bits per heavy atom. The normalized spacial score (nSPS) is 15.1. The van der Waals surface area contributed by atoms with Crippen molar-refractivity contribution in [3.63, 3.8) is 0 Å². The Labute approximate surface area is 172 Å². The molecule has 1 aromatic carbocycles. The highest BCUT2D eigenvalue weighted by molar-refractivity contribution is 6.00. The minimum absolute atomic E-state index is 0.0283. The van der Waals surface area contributed by atoms with Crippen LogP contribution in [0.5, 0.6) is 0 Å². The van der Waals surface area contributed by atoms with E-state index in [-0.39, 0.29) is 17.2 Å². The highest BCUT2D eigenvalue weighted by atomic mass is 16.2. The summed E-state index contributed by atoms with van der Waals surface area (Å²) in [6.45, 7) is 10.1. The van der Waals surface area contributed by atoms with Crippen LogP contribution in [0.25, 0.3) is 0 Å². The van der Waals surface area contributed by atoms with Gasteiger partial charge in [-0.1, -0.05) is 32.9 Å². The highest BCUT2D eigenvalue weighted by Crippen LogP contribution is 2.22. The largest absolute Gasteiger partial charge is 0.357 e. The minimum atomic E-state index is -0.664. The monoisotopic (exact) mass is 394 g/mol. The van der Waals surface area contributed by atoms with Crippen LogP contribution < -0.4 is 15.5 Å². The molecule has 6 heteroatoms. The molecule has 0 saturated carbocycles. The number of anilines is 2. The van der Waals surface area contributed by atoms with Crippen molar-refractivity contribution in [1.82, 2.24) is 10.3 Å². The lowest BCUT2D eigenvalue weighted by atomic mass is 9.86. The first-order valence-corrected chi connectivity index (χ1v) is 10.2. The first-order valence-electron chi connectivity index (χ1n) is 10.2. The Hall–Kier alpha value is -2.89. The smallest absolute Gasteiger partial charge is 0.251 e. The van der Waals surface area contributed by atoms with Crippen LogP contribution in [-0.4, -0.2) is 35.9 Å². The van der Waals surface area contributed by atoms with Gasteiger partial charge in [0.15, 0.2) is 0 Å². The molecule has 1 aliphatic heterocycles. The van der Waals surface area contributed by atoms with Crippen LogP contribution in [0.15, 0.2) is 42.6 Å². The first-order chi connectivity index (χ1) is 13.7. The van der Waals surface area contributed by atoms with E-state index in [1.165, 1.54) is 12.8 Å². The second-order valence-corrected chi connectivity index (χ2v) is 8.61. The topological polar surface area (TPSA) is 74.3 Å². The molecule has 1 saturated heterocycles. The van der Waals surface area contributed by atoms with Gasteiger partial charge in [-0.2, -0.15) is 0 Å². The van der Waals surface area contributed by atoms with Gasteiger partial charge in [-0.25, -0.2) is 4.98 Å². The van der Waals surface area contributed by atoms with Crippen molar-refractivity contribution in [2.45, 2.75) is 52.0 Å². The minimum Gasteiger partial charge on any atom is -0.357 e. The lowest BCUT2D eigenvalue weighted by Crippen LogP contribution is -2.41. The molecule has 2 heterocycles. The number of hydrogen-bond acceptors (Lipinski definition) is 4. The Kier molecular flexibility index (Phi) is 6.20. The molecule has 0 aliphatic carbocycles. The molecular weight excluding hydrogens is 364 g/mol. The Morgan fingerprint density at radius 2 is 1.69 bits per heavy atom. The van der Waals surface area contributed by atoms with Gasteiger partial charge in [0, 0.05) is 18.7 Å². The summed E-state index contributed by atoms with van der Waals surface area (Å²) in [6.07, 6.45) is 4.04. The summed E-state index contributed by atoms with van der Waals surface area (Å²) in [5.74, 6) is 0.386. The van der Waals surface area contributed by atoms with Gasteiger partial charge in [0.05, 0.1) is 11.9 Å². The molecule has 0 spiro atoms. The second kappa shape index (κ2) is 8.64. The average molecular weight is 395 g/mol. The lowest BCUT2D eigenvalue weighted by molar-refractivity contribution is -0.117. The van der Waals surface area contributed by atoms with E-state index >= 15 is 0 Å². The van der Waals surface area contributed by atoms with Crippen molar-refractivity contribution < 1.29 is 9.59 Å². The van der Waals surface area contributed by atoms with Crippen LogP contribution in [-0.2, 0) is 10.2 Å². The summed E-state index contributed by atoms with van der Waals surface area (Å²) >= 11 is 0. The van der Waals surface area contributed by atoms with Crippen molar-refractivity contribution in [2.24, 2.45) is 0 Å². The van der Waals surface area contributed by atoms with E-state index in [0.29, 0.717) is 11.3 Å². The number of hydrogen-bond donors (Lipinski definition) is 2. The van der Waals surface area contributed by atoms with Crippen LogP contribution in [0, 0.1) is 0 Å². The van der Waals surface area contributed by atoms with E-state index in [0.717, 1.165) is 24.5 Å². The van der Waals surface area contributed by atoms with E-state index < -0.39 is 6.04 Å². The second-order valence-electron chi connectivity index (χ2n) is 8.61. The third-order valence-electron chi connectivity index (χ3n) is 5.20. The molecule has 1 atom stereocenters. The number of carbonyl (C=O) groups is 2. The Morgan fingerprint density at radius 1 is 1.03 bits per heavy atom. The summed E-state index contributed by atoms with van der Waals surface area (Å²) in [5.41, 5.74) is 2.34. The fraction of sp³-hybridized carbons (Fsp3) is 0.435. The number of pyridine rings is 1. The fourth-order valence-electron chi connectivity index (χ4n) is 3.31. The molecule has 1 fully saturated rings. The molecule has 1 aliphatic rings. The predicted molar refractivity (Wildman–Crippen MR) is 116 cm³/mol. The third kappa shape index (κ3) is 5.34. The van der Waals surface area contributed by atoms with Crippen LogP contribution in [0.1, 0.15) is 56.5 Å². The number of aromatic nitrogens is 1. The number of rotatable bonds is 5. The summed E-state index contributed by atoms with van der Waals surface area (Å²) < 4.78 is 0. The van der Waals surface area contributed by atoms with Crippen molar-refractivity contribution in [2.75, 3.05) is 23.3 Å². The Balaban J connectivity index is 1.55. The van der Waals surface area contributed by atoms with Gasteiger partial charge in [0.2, 0.25) is 5.91 Å². The van der Waals surface area contributed by atoms with Crippen LogP contribution in [0.2, 0.25) is 0 Å². The SMILES string of the molecule is CC(NC(=O)c1ccc(C(C)(C)C)cc1)C(=O)Nc1ccc(N2CCCC2)nc1. The van der Waals surface area contributed by atoms with E-state index in [1.54, 1.807) is 25.3 Å². The van der Waals surface area contributed by atoms with Crippen LogP contribution >= 0.6 is 0 Å². The lowest BCUT2D eigenvalue weighted by Gasteiger charge is -2.19. The molecule has 154 valence electrons. The fourth-order valence-corrected chi connectivity index (χ4v) is 3.31. The van der Waals surface area contributed by atoms with Crippen LogP contribution in [0.3, 0.4) is 0 Å². The third-order valence-corrected chi connectivity index (χ3v) is 5.20. The zero-order valence-electron chi connectivity index (χ0n) is 17.7. The molecule has 29 heavy (non-hydrogen) atoms. The van der Waals surface area contributed by atoms with Crippen molar-refractivity contribution in [3.05, 3.63) is 53.7 Å². The highest BCUT2D eigenvalue weighted by Gasteiger charge is 2.19. The zero-order chi connectivity index (χ0) is 21.0. The first kappa shape index (κ1) is 20.8. The quantitative estimate of drug-likeness (QED) is 0.810. The molecule has 2 N–H and O–H groups in total. The van der Waals surface area contributed by atoms with Gasteiger partial charge in [-0.05, 0) is 55.0 Å². The number of amides is 2. The van der Waals surface area contributed by atoms with E-state index in [2.05, 4.69) is 41.3 Å². The maximum atomic E-state index is 12.5. The van der Waals surface area contributed by atoms with Gasteiger partial charge in [-0.15, -0.1) is 0 Å². The number of nitrogens with zero attached hydrogens (tertiary/aromatic N) is 2. The summed E-state index contributed by atoms with van der Waals surface area (Å²) in [7, 11) is 0. The van der Waals surface area contributed by atoms with Crippen molar-refractivity contribution in [1.29, 1.82) is 0 Å². The molecule has 2 aromatic rings. The zero-order valence-corrected chi connectivity index (χ0v) is 17.7. The predicted octanol–water partition coefficient (Wildman–Crippen LogP) is 3.74. The molecule has 1 unspecified atom stereocenters. The molecule has 0 bridgehead atoms. The molecular formula is C23H30N4O2. The summed E-state index contributed by atoms with van der Waals surface area (Å²) in [5, 5.41) is 5.56. The molecule has 6 nitrogen and oxygen atoms in total. The van der Waals surface area contributed by atoms with Crippen molar-refractivity contribution in [3.8, 4) is 0 Å². The van der Waals surface area contributed by atoms with Gasteiger partial charge in [0.1, 0.15) is 11.9 Å². The van der Waals surface area contributed by atoms with Gasteiger partial charge in [-0.3, -0.25) is 9.59 Å². The number of benzene rings is 1. The van der Waals surface area contributed by atoms with Gasteiger partial charge >= 0.3 is 0 Å². The van der Waals surface area contributed by atoms with E-state index in [9.17, 15) is 9.59 Å². The molecule has 0 radical (unpaired) electrons. The van der Waals surface area contributed by atoms with Gasteiger partial charge in [0.25, 0.3) is 5.91 Å². The van der Waals surface area contributed by atoms with Crippen LogP contribution in [0.4, 0.5) is 11.5 Å². The summed E-state index contributed by atoms with van der Waals surface area (Å²) in [4.78, 5) is 31.6. The van der Waals surface area contributed by atoms with E-state index in [1.807, 2.05) is 24.3 Å². The molecule has 1 aromatic heterocycles. The molecule has 2 amide bonds. The summed E-state index contributed by atoms with van der Waals surface area (Å²) in [6, 6.07) is 10.6. The van der Waals surface area contributed by atoms with Crippen molar-refractivity contribution >= 4 is 23.3 Å².